The largest absolute Gasteiger partial charge is 0.504 e. The van der Waals surface area contributed by atoms with E-state index in [2.05, 4.69) is 15.3 Å². The average molecular weight is 338 g/mol. The molecule has 1 atom stereocenters. The molecular weight excluding hydrogens is 324 g/mol. The summed E-state index contributed by atoms with van der Waals surface area (Å²) < 4.78 is 5.10. The van der Waals surface area contributed by atoms with Gasteiger partial charge >= 0.3 is 6.03 Å². The highest BCUT2D eigenvalue weighted by Crippen LogP contribution is 2.40. The van der Waals surface area contributed by atoms with Gasteiger partial charge in [-0.15, -0.1) is 0 Å². The number of phenols is 1. The van der Waals surface area contributed by atoms with E-state index < -0.39 is 18.0 Å². The third-order valence-electron chi connectivity index (χ3n) is 4.18. The number of phenolic OH excluding ortho intramolecular Hbond substituents is 1. The fourth-order valence-corrected chi connectivity index (χ4v) is 3.01. The van der Waals surface area contributed by atoms with Crippen molar-refractivity contribution in [2.45, 2.75) is 6.04 Å². The molecule has 1 aliphatic heterocycles. The maximum atomic E-state index is 12.4. The molecule has 3 aromatic rings. The van der Waals surface area contributed by atoms with Gasteiger partial charge in [-0.2, -0.15) is 0 Å². The van der Waals surface area contributed by atoms with Crippen LogP contribution in [0.1, 0.15) is 11.6 Å². The molecule has 0 saturated carbocycles. The van der Waals surface area contributed by atoms with Gasteiger partial charge in [0.25, 0.3) is 5.91 Å². The summed E-state index contributed by atoms with van der Waals surface area (Å²) in [6.07, 6.45) is 1.55. The van der Waals surface area contributed by atoms with Crippen LogP contribution < -0.4 is 15.0 Å². The lowest BCUT2D eigenvalue weighted by Crippen LogP contribution is -2.29. The Bertz CT molecular complexity index is 997. The van der Waals surface area contributed by atoms with E-state index in [1.807, 2.05) is 0 Å². The Kier molecular flexibility index (Phi) is 3.31. The number of carbonyl (C=O) groups is 2. The van der Waals surface area contributed by atoms with E-state index in [1.54, 1.807) is 42.7 Å². The molecule has 1 aromatic heterocycles. The number of fused-ring (bicyclic) bond motifs is 1. The van der Waals surface area contributed by atoms with E-state index in [0.717, 1.165) is 11.0 Å². The highest BCUT2D eigenvalue weighted by atomic mass is 16.5. The highest BCUT2D eigenvalue weighted by Gasteiger charge is 2.42. The quantitative estimate of drug-likeness (QED) is 0.634. The van der Waals surface area contributed by atoms with Crippen molar-refractivity contribution in [1.29, 1.82) is 0 Å². The van der Waals surface area contributed by atoms with Crippen LogP contribution in [0.3, 0.4) is 0 Å². The predicted molar refractivity (Wildman–Crippen MR) is 89.5 cm³/mol. The number of imidazole rings is 1. The van der Waals surface area contributed by atoms with Crippen molar-refractivity contribution in [1.82, 2.24) is 15.3 Å². The molecule has 0 spiro atoms. The van der Waals surface area contributed by atoms with Gasteiger partial charge in [0.2, 0.25) is 0 Å². The van der Waals surface area contributed by atoms with E-state index in [-0.39, 0.29) is 17.1 Å². The van der Waals surface area contributed by atoms with Gasteiger partial charge < -0.3 is 14.8 Å². The van der Waals surface area contributed by atoms with Crippen LogP contribution in [-0.2, 0) is 4.79 Å². The number of ether oxygens (including phenoxy) is 1. The first-order valence-corrected chi connectivity index (χ1v) is 7.53. The Morgan fingerprint density at radius 3 is 2.88 bits per heavy atom. The van der Waals surface area contributed by atoms with Crippen LogP contribution in [0.5, 0.6) is 11.5 Å². The number of amides is 3. The van der Waals surface area contributed by atoms with Crippen molar-refractivity contribution in [3.63, 3.8) is 0 Å². The standard InChI is InChI=1S/C17H14N4O4/c1-25-13-4-2-3-10(15(13)22)14-16(23)20-17(24)21(14)9-5-6-11-12(7-9)19-8-18-11/h2-8,14,22H,1H3,(H,18,19)(H,20,23,24). The van der Waals surface area contributed by atoms with Gasteiger partial charge in [0.1, 0.15) is 6.04 Å². The smallest absolute Gasteiger partial charge is 0.329 e. The molecule has 1 aliphatic rings. The summed E-state index contributed by atoms with van der Waals surface area (Å²) in [7, 11) is 1.42. The number of methoxy groups -OCH3 is 1. The molecular formula is C17H14N4O4. The van der Waals surface area contributed by atoms with Gasteiger partial charge in [0.05, 0.1) is 24.5 Å². The van der Waals surface area contributed by atoms with Crippen LogP contribution >= 0.6 is 0 Å². The molecule has 8 nitrogen and oxygen atoms in total. The Balaban J connectivity index is 1.85. The summed E-state index contributed by atoms with van der Waals surface area (Å²) in [5.41, 5.74) is 2.27. The number of rotatable bonds is 3. The van der Waals surface area contributed by atoms with Gasteiger partial charge in [0, 0.05) is 11.3 Å². The summed E-state index contributed by atoms with van der Waals surface area (Å²) in [6, 6.07) is 8.44. The zero-order valence-electron chi connectivity index (χ0n) is 13.2. The van der Waals surface area contributed by atoms with E-state index >= 15 is 0 Å². The maximum Gasteiger partial charge on any atom is 0.329 e. The number of aromatic hydroxyl groups is 1. The molecule has 3 amide bonds. The molecule has 0 aliphatic carbocycles. The Morgan fingerprint density at radius 1 is 1.24 bits per heavy atom. The second-order valence-corrected chi connectivity index (χ2v) is 5.57. The second kappa shape index (κ2) is 5.52. The molecule has 0 bridgehead atoms. The van der Waals surface area contributed by atoms with Crippen molar-refractivity contribution in [3.8, 4) is 11.5 Å². The van der Waals surface area contributed by atoms with Gasteiger partial charge in [-0.05, 0) is 24.3 Å². The summed E-state index contributed by atoms with van der Waals surface area (Å²) in [4.78, 5) is 33.2. The number of benzene rings is 2. The minimum atomic E-state index is -0.997. The molecule has 2 heterocycles. The Labute approximate surface area is 142 Å². The third kappa shape index (κ3) is 2.26. The number of hydrogen-bond acceptors (Lipinski definition) is 5. The van der Waals surface area contributed by atoms with Crippen molar-refractivity contribution < 1.29 is 19.4 Å². The minimum Gasteiger partial charge on any atom is -0.504 e. The number of H-pyrrole nitrogens is 1. The molecule has 3 N–H and O–H groups in total. The molecule has 1 fully saturated rings. The van der Waals surface area contributed by atoms with Gasteiger partial charge in [-0.25, -0.2) is 9.78 Å². The first kappa shape index (κ1) is 15.0. The molecule has 1 saturated heterocycles. The van der Waals surface area contributed by atoms with Crippen molar-refractivity contribution in [2.24, 2.45) is 0 Å². The van der Waals surface area contributed by atoms with Crippen LogP contribution in [0.2, 0.25) is 0 Å². The van der Waals surface area contributed by atoms with Crippen LogP contribution in [0.15, 0.2) is 42.7 Å². The number of imide groups is 1. The molecule has 126 valence electrons. The monoisotopic (exact) mass is 338 g/mol. The van der Waals surface area contributed by atoms with Crippen molar-refractivity contribution >= 4 is 28.7 Å². The molecule has 0 radical (unpaired) electrons. The number of carbonyl (C=O) groups excluding carboxylic acids is 2. The Hall–Kier alpha value is -3.55. The number of para-hydroxylation sites is 1. The van der Waals surface area contributed by atoms with Crippen molar-refractivity contribution in [3.05, 3.63) is 48.3 Å². The van der Waals surface area contributed by atoms with E-state index in [9.17, 15) is 14.7 Å². The number of nitrogens with zero attached hydrogens (tertiary/aromatic N) is 2. The van der Waals surface area contributed by atoms with E-state index in [1.165, 1.54) is 12.0 Å². The van der Waals surface area contributed by atoms with Crippen LogP contribution in [0.25, 0.3) is 11.0 Å². The number of nitrogens with one attached hydrogen (secondary N) is 2. The number of anilines is 1. The normalized spacial score (nSPS) is 17.2. The second-order valence-electron chi connectivity index (χ2n) is 5.57. The number of aromatic amines is 1. The Morgan fingerprint density at radius 2 is 2.08 bits per heavy atom. The van der Waals surface area contributed by atoms with Crippen LogP contribution in [0, 0.1) is 0 Å². The fourth-order valence-electron chi connectivity index (χ4n) is 3.01. The van der Waals surface area contributed by atoms with Crippen LogP contribution in [-0.4, -0.2) is 34.1 Å². The summed E-state index contributed by atoms with van der Waals surface area (Å²) in [5, 5.41) is 12.7. The molecule has 8 heteroatoms. The molecule has 25 heavy (non-hydrogen) atoms. The first-order valence-electron chi connectivity index (χ1n) is 7.53. The predicted octanol–water partition coefficient (Wildman–Crippen LogP) is 2.07. The zero-order chi connectivity index (χ0) is 17.6. The molecule has 4 rings (SSSR count). The lowest BCUT2D eigenvalue weighted by molar-refractivity contribution is -0.120. The number of aromatic nitrogens is 2. The summed E-state index contributed by atoms with van der Waals surface area (Å²) in [6.45, 7) is 0. The lowest BCUT2D eigenvalue weighted by atomic mass is 10.0. The third-order valence-corrected chi connectivity index (χ3v) is 4.18. The molecule has 1 unspecified atom stereocenters. The topological polar surface area (TPSA) is 108 Å². The molecule has 2 aromatic carbocycles. The van der Waals surface area contributed by atoms with Crippen molar-refractivity contribution in [2.75, 3.05) is 12.0 Å². The number of hydrogen-bond donors (Lipinski definition) is 3. The zero-order valence-corrected chi connectivity index (χ0v) is 13.2. The maximum absolute atomic E-state index is 12.4. The fraction of sp³-hybridized carbons (Fsp3) is 0.118. The minimum absolute atomic E-state index is 0.174. The summed E-state index contributed by atoms with van der Waals surface area (Å²) >= 11 is 0. The van der Waals surface area contributed by atoms with Gasteiger partial charge in [0.15, 0.2) is 11.5 Å². The van der Waals surface area contributed by atoms with E-state index in [4.69, 9.17) is 4.74 Å². The van der Waals surface area contributed by atoms with Crippen LogP contribution in [0.4, 0.5) is 10.5 Å². The van der Waals surface area contributed by atoms with Gasteiger partial charge in [-0.3, -0.25) is 15.0 Å². The lowest BCUT2D eigenvalue weighted by Gasteiger charge is -2.23. The highest BCUT2D eigenvalue weighted by molar-refractivity contribution is 6.15. The first-order chi connectivity index (χ1) is 12.1. The summed E-state index contributed by atoms with van der Waals surface area (Å²) in [5.74, 6) is -0.459. The van der Waals surface area contributed by atoms with E-state index in [0.29, 0.717) is 5.69 Å². The average Bonchev–Trinajstić information content (AvgIpc) is 3.18. The number of urea groups is 1. The SMILES string of the molecule is COc1cccc(C2C(=O)NC(=O)N2c2ccc3nc[nH]c3c2)c1O. The van der Waals surface area contributed by atoms with Gasteiger partial charge in [-0.1, -0.05) is 12.1 Å².